The first-order chi connectivity index (χ1) is 6.29. The van der Waals surface area contributed by atoms with Crippen molar-refractivity contribution < 1.29 is 9.49 Å². The van der Waals surface area contributed by atoms with Crippen LogP contribution in [0.25, 0.3) is 0 Å². The minimum atomic E-state index is -0.306. The predicted octanol–water partition coefficient (Wildman–Crippen LogP) is -0.455. The average molecular weight is 187 g/mol. The Bertz CT molecular complexity index is 165. The highest BCUT2D eigenvalue weighted by Crippen LogP contribution is 2.12. The summed E-state index contributed by atoms with van der Waals surface area (Å²) in [6.45, 7) is 3.44. The van der Waals surface area contributed by atoms with Crippen molar-refractivity contribution in [2.24, 2.45) is 0 Å². The van der Waals surface area contributed by atoms with E-state index in [0.717, 1.165) is 26.0 Å². The number of hydroxylamine groups is 2. The molecular formula is C8H17N3O2. The van der Waals surface area contributed by atoms with E-state index in [4.69, 9.17) is 4.74 Å². The summed E-state index contributed by atoms with van der Waals surface area (Å²) in [5.41, 5.74) is 2.99. The molecule has 0 aromatic rings. The molecule has 0 bridgehead atoms. The molecule has 2 aliphatic rings. The third kappa shape index (κ3) is 2.38. The van der Waals surface area contributed by atoms with Gasteiger partial charge in [0.1, 0.15) is 13.2 Å². The summed E-state index contributed by atoms with van der Waals surface area (Å²) in [6.07, 6.45) is 2.47. The molecule has 0 spiro atoms. The van der Waals surface area contributed by atoms with Crippen LogP contribution in [0.4, 0.5) is 0 Å². The Morgan fingerprint density at radius 1 is 1.62 bits per heavy atom. The number of hydrogen-bond donors (Lipinski definition) is 2. The number of rotatable bonds is 3. The third-order valence-corrected chi connectivity index (χ3v) is 2.65. The SMILES string of the molecule is [O-][N+]1(NCC2CCCO2)CCNC1. The van der Waals surface area contributed by atoms with E-state index in [1.165, 1.54) is 0 Å². The second-order valence-electron chi connectivity index (χ2n) is 3.77. The van der Waals surface area contributed by atoms with Gasteiger partial charge in [0.15, 0.2) is 0 Å². The van der Waals surface area contributed by atoms with E-state index in [1.807, 2.05) is 0 Å². The molecule has 5 nitrogen and oxygen atoms in total. The van der Waals surface area contributed by atoms with Crippen LogP contribution in [-0.4, -0.2) is 43.8 Å². The van der Waals surface area contributed by atoms with Gasteiger partial charge in [0.25, 0.3) is 0 Å². The Balaban J connectivity index is 1.71. The zero-order valence-corrected chi connectivity index (χ0v) is 7.79. The van der Waals surface area contributed by atoms with Crippen LogP contribution in [0.15, 0.2) is 0 Å². The smallest absolute Gasteiger partial charge is 0.150 e. The Morgan fingerprint density at radius 3 is 3.15 bits per heavy atom. The fourth-order valence-corrected chi connectivity index (χ4v) is 1.81. The monoisotopic (exact) mass is 187 g/mol. The highest BCUT2D eigenvalue weighted by molar-refractivity contribution is 4.65. The lowest BCUT2D eigenvalue weighted by Crippen LogP contribution is -2.54. The number of quaternary nitrogens is 1. The van der Waals surface area contributed by atoms with Gasteiger partial charge in [-0.1, -0.05) is 0 Å². The Labute approximate surface area is 78.2 Å². The van der Waals surface area contributed by atoms with Gasteiger partial charge in [0.05, 0.1) is 19.2 Å². The molecule has 2 unspecified atom stereocenters. The van der Waals surface area contributed by atoms with Crippen molar-refractivity contribution in [2.45, 2.75) is 18.9 Å². The molecule has 2 heterocycles. The van der Waals surface area contributed by atoms with Crippen LogP contribution in [0.1, 0.15) is 12.8 Å². The first-order valence-corrected chi connectivity index (χ1v) is 4.94. The number of nitrogens with zero attached hydrogens (tertiary/aromatic N) is 1. The molecule has 2 atom stereocenters. The molecule has 0 amide bonds. The van der Waals surface area contributed by atoms with E-state index in [1.54, 1.807) is 0 Å². The molecule has 0 aromatic heterocycles. The molecular weight excluding hydrogens is 170 g/mol. The summed E-state index contributed by atoms with van der Waals surface area (Å²) in [5.74, 6) is 0. The lowest BCUT2D eigenvalue weighted by molar-refractivity contribution is -0.913. The molecule has 2 N–H and O–H groups in total. The van der Waals surface area contributed by atoms with E-state index in [2.05, 4.69) is 10.7 Å². The summed E-state index contributed by atoms with van der Waals surface area (Å²) in [5, 5.41) is 14.8. The van der Waals surface area contributed by atoms with Gasteiger partial charge in [-0.15, -0.1) is 0 Å². The molecule has 2 rings (SSSR count). The Kier molecular flexibility index (Phi) is 2.80. The maximum absolute atomic E-state index is 11.8. The van der Waals surface area contributed by atoms with E-state index in [-0.39, 0.29) is 10.9 Å². The summed E-state index contributed by atoms with van der Waals surface area (Å²) >= 11 is 0. The second-order valence-corrected chi connectivity index (χ2v) is 3.77. The quantitative estimate of drug-likeness (QED) is 0.464. The van der Waals surface area contributed by atoms with Crippen LogP contribution >= 0.6 is 0 Å². The van der Waals surface area contributed by atoms with Gasteiger partial charge in [-0.25, -0.2) is 0 Å². The van der Waals surface area contributed by atoms with Crippen molar-refractivity contribution in [1.82, 2.24) is 10.7 Å². The van der Waals surface area contributed by atoms with E-state index >= 15 is 0 Å². The second kappa shape index (κ2) is 3.89. The molecule has 0 saturated carbocycles. The first-order valence-electron chi connectivity index (χ1n) is 4.94. The third-order valence-electron chi connectivity index (χ3n) is 2.65. The minimum Gasteiger partial charge on any atom is -0.611 e. The zero-order chi connectivity index (χ0) is 9.15. The van der Waals surface area contributed by atoms with Crippen LogP contribution in [0, 0.1) is 5.21 Å². The van der Waals surface area contributed by atoms with Gasteiger partial charge < -0.3 is 9.94 Å². The van der Waals surface area contributed by atoms with Gasteiger partial charge in [-0.2, -0.15) is 5.43 Å². The van der Waals surface area contributed by atoms with Gasteiger partial charge in [-0.05, 0) is 12.8 Å². The maximum atomic E-state index is 11.8. The molecule has 0 aromatic carbocycles. The molecule has 2 saturated heterocycles. The Morgan fingerprint density at radius 2 is 2.54 bits per heavy atom. The first kappa shape index (κ1) is 9.36. The van der Waals surface area contributed by atoms with E-state index < -0.39 is 0 Å². The summed E-state index contributed by atoms with van der Waals surface area (Å²) < 4.78 is 5.12. The minimum absolute atomic E-state index is 0.254. The van der Waals surface area contributed by atoms with Crippen molar-refractivity contribution in [3.8, 4) is 0 Å². The number of ether oxygens (including phenoxy) is 1. The summed E-state index contributed by atoms with van der Waals surface area (Å²) in [4.78, 5) is 0. The molecule has 0 aliphatic carbocycles. The van der Waals surface area contributed by atoms with Crippen molar-refractivity contribution in [1.29, 1.82) is 0 Å². The largest absolute Gasteiger partial charge is 0.611 e. The molecule has 0 radical (unpaired) electrons. The topological polar surface area (TPSA) is 56.3 Å². The van der Waals surface area contributed by atoms with Gasteiger partial charge in [-0.3, -0.25) is 10.1 Å². The fraction of sp³-hybridized carbons (Fsp3) is 1.00. The van der Waals surface area contributed by atoms with E-state index in [9.17, 15) is 5.21 Å². The number of nitrogens with one attached hydrogen (secondary N) is 2. The molecule has 2 fully saturated rings. The summed E-state index contributed by atoms with van der Waals surface area (Å²) in [7, 11) is 0. The van der Waals surface area contributed by atoms with Crippen molar-refractivity contribution in [3.63, 3.8) is 0 Å². The molecule has 76 valence electrons. The van der Waals surface area contributed by atoms with Gasteiger partial charge in [0.2, 0.25) is 0 Å². The van der Waals surface area contributed by atoms with E-state index in [0.29, 0.717) is 19.8 Å². The fourth-order valence-electron chi connectivity index (χ4n) is 1.81. The normalized spacial score (nSPS) is 39.9. The van der Waals surface area contributed by atoms with Crippen molar-refractivity contribution in [2.75, 3.05) is 32.9 Å². The van der Waals surface area contributed by atoms with Gasteiger partial charge in [0, 0.05) is 6.61 Å². The standard InChI is InChI=1S/C8H17N3O2/c12-11(4-3-9-7-11)10-6-8-2-1-5-13-8/h8-10H,1-7H2. The average Bonchev–Trinajstić information content (AvgIpc) is 2.72. The maximum Gasteiger partial charge on any atom is 0.150 e. The lowest BCUT2D eigenvalue weighted by atomic mass is 10.2. The van der Waals surface area contributed by atoms with Crippen LogP contribution in [0.2, 0.25) is 0 Å². The lowest BCUT2D eigenvalue weighted by Gasteiger charge is -2.37. The molecule has 13 heavy (non-hydrogen) atoms. The molecule has 5 heteroatoms. The molecule has 2 aliphatic heterocycles. The van der Waals surface area contributed by atoms with Gasteiger partial charge >= 0.3 is 0 Å². The summed E-state index contributed by atoms with van der Waals surface area (Å²) in [6, 6.07) is 0. The highest BCUT2D eigenvalue weighted by atomic mass is 16.6. The Hall–Kier alpha value is -0.200. The van der Waals surface area contributed by atoms with Crippen LogP contribution in [0.5, 0.6) is 0 Å². The van der Waals surface area contributed by atoms with Crippen LogP contribution in [-0.2, 0) is 4.74 Å². The van der Waals surface area contributed by atoms with Crippen LogP contribution < -0.4 is 10.7 Å². The highest BCUT2D eigenvalue weighted by Gasteiger charge is 2.24. The number of hydrogen-bond acceptors (Lipinski definition) is 4. The zero-order valence-electron chi connectivity index (χ0n) is 7.79. The van der Waals surface area contributed by atoms with Crippen molar-refractivity contribution >= 4 is 0 Å². The predicted molar refractivity (Wildman–Crippen MR) is 48.3 cm³/mol. The van der Waals surface area contributed by atoms with Crippen molar-refractivity contribution in [3.05, 3.63) is 5.21 Å². The van der Waals surface area contributed by atoms with Crippen LogP contribution in [0.3, 0.4) is 0 Å².